The fourth-order valence-electron chi connectivity index (χ4n) is 7.36. The standard InChI is InChI=1S/C44H74O21.C17H30O7.C8H16O4/c1-11-13-20-56-37(50)44(9,30-62-38(51)59-23-19-32(3)4)31-65-40(53)64-29-43(8,27-60-33(5)46)36(49)58-22-18-16-14-15-17-21-57-35(48)42(7,25-54-10)28-63-39(52)61-26-41(6,24-45)34(47)55-12-2;1-6-7-9-21-15(19)17(5,11-23-14(4)18)12-24-16(20)22-10-8-13(2)3;1-4-12-7(10)8(2,5-9)6-11-3/h32,45H,11-31H2,1-10H3;13H,6-12H2,1-5H3;9H,4-6H2,1-3H3. The van der Waals surface area contributed by atoms with Crippen LogP contribution < -0.4 is 0 Å². The van der Waals surface area contributed by atoms with Crippen LogP contribution in [0.25, 0.3) is 0 Å². The number of unbranched alkanes of at least 4 members (excludes halogenated alkanes) is 6. The van der Waals surface area contributed by atoms with Gasteiger partial charge in [-0.15, -0.1) is 0 Å². The van der Waals surface area contributed by atoms with Crippen LogP contribution in [0.1, 0.15) is 181 Å². The second-order valence-electron chi connectivity index (χ2n) is 26.4. The summed E-state index contributed by atoms with van der Waals surface area (Å²) < 4.78 is 91.5. The van der Waals surface area contributed by atoms with Gasteiger partial charge in [0.25, 0.3) is 0 Å². The van der Waals surface area contributed by atoms with Crippen molar-refractivity contribution < 1.29 is 153 Å². The van der Waals surface area contributed by atoms with Gasteiger partial charge >= 0.3 is 72.4 Å². The third kappa shape index (κ3) is 44.6. The third-order valence-corrected chi connectivity index (χ3v) is 14.4. The molecule has 0 aliphatic carbocycles. The minimum Gasteiger partial charge on any atom is -0.465 e. The Bertz CT molecular complexity index is 2430. The molecule has 0 aromatic heterocycles. The molecule has 0 aromatic rings. The summed E-state index contributed by atoms with van der Waals surface area (Å²) in [6.45, 7) is 22.8. The predicted molar refractivity (Wildman–Crippen MR) is 358 cm³/mol. The van der Waals surface area contributed by atoms with Crippen molar-refractivity contribution in [3.63, 3.8) is 0 Å². The molecule has 2 N–H and O–H groups in total. The third-order valence-electron chi connectivity index (χ3n) is 14.4. The van der Waals surface area contributed by atoms with Crippen LogP contribution in [0.5, 0.6) is 0 Å². The average molecular weight is 1460 g/mol. The lowest BCUT2D eigenvalue weighted by Gasteiger charge is -2.28. The lowest BCUT2D eigenvalue weighted by atomic mass is 9.93. The van der Waals surface area contributed by atoms with Crippen molar-refractivity contribution in [1.29, 1.82) is 0 Å². The lowest BCUT2D eigenvalue weighted by molar-refractivity contribution is -0.167. The van der Waals surface area contributed by atoms with Crippen LogP contribution in [0.3, 0.4) is 0 Å². The molecule has 6 unspecified atom stereocenters. The van der Waals surface area contributed by atoms with Gasteiger partial charge in [-0.3, -0.25) is 38.4 Å². The van der Waals surface area contributed by atoms with E-state index < -0.39 is 151 Å². The van der Waals surface area contributed by atoms with E-state index in [9.17, 15) is 62.6 Å². The fraction of sp³-hybridized carbons (Fsp3) is 0.826. The van der Waals surface area contributed by atoms with Gasteiger partial charge in [0.05, 0.1) is 79.3 Å². The van der Waals surface area contributed by atoms with Crippen LogP contribution in [-0.4, -0.2) is 229 Å². The summed E-state index contributed by atoms with van der Waals surface area (Å²) in [7, 11) is 2.84. The lowest BCUT2D eigenvalue weighted by Crippen LogP contribution is -2.42. The molecule has 0 radical (unpaired) electrons. The number of carbonyl (C=O) groups excluding carboxylic acids is 12. The largest absolute Gasteiger partial charge is 0.508 e. The number of hydrogen-bond acceptors (Lipinski definition) is 32. The molecule has 0 spiro atoms. The summed E-state index contributed by atoms with van der Waals surface area (Å²) in [6.07, 6.45) is 2.89. The molecule has 101 heavy (non-hydrogen) atoms. The van der Waals surface area contributed by atoms with Crippen LogP contribution in [0, 0.1) is 44.3 Å². The molecule has 6 atom stereocenters. The van der Waals surface area contributed by atoms with Gasteiger partial charge in [0.2, 0.25) is 0 Å². The van der Waals surface area contributed by atoms with Gasteiger partial charge in [0.15, 0.2) is 0 Å². The maximum Gasteiger partial charge on any atom is 0.508 e. The van der Waals surface area contributed by atoms with Gasteiger partial charge in [0, 0.05) is 28.1 Å². The van der Waals surface area contributed by atoms with Crippen LogP contribution in [-0.2, 0) is 124 Å². The first-order chi connectivity index (χ1) is 47.4. The van der Waals surface area contributed by atoms with Crippen molar-refractivity contribution in [2.75, 3.05) is 146 Å². The Morgan fingerprint density at radius 2 is 0.515 bits per heavy atom. The van der Waals surface area contributed by atoms with Gasteiger partial charge in [-0.1, -0.05) is 73.6 Å². The van der Waals surface area contributed by atoms with E-state index in [1.807, 2.05) is 41.5 Å². The molecule has 0 aromatic carbocycles. The number of ether oxygens (including phenoxy) is 18. The highest BCUT2D eigenvalue weighted by molar-refractivity contribution is 5.80. The van der Waals surface area contributed by atoms with Crippen molar-refractivity contribution in [3.05, 3.63) is 0 Å². The highest BCUT2D eigenvalue weighted by atomic mass is 16.7. The molecule has 32 nitrogen and oxygen atoms in total. The summed E-state index contributed by atoms with van der Waals surface area (Å²) in [5.41, 5.74) is -8.33. The van der Waals surface area contributed by atoms with Crippen molar-refractivity contribution >= 4 is 72.4 Å². The quantitative estimate of drug-likeness (QED) is 0.0326. The van der Waals surface area contributed by atoms with Crippen LogP contribution >= 0.6 is 0 Å². The minimum atomic E-state index is -1.63. The monoisotopic (exact) mass is 1460 g/mol. The molecule has 0 bridgehead atoms. The first-order valence-electron chi connectivity index (χ1n) is 34.1. The summed E-state index contributed by atoms with van der Waals surface area (Å²) in [4.78, 5) is 146. The number of rotatable bonds is 50. The highest BCUT2D eigenvalue weighted by Gasteiger charge is 2.43. The van der Waals surface area contributed by atoms with E-state index in [1.54, 1.807) is 20.8 Å². The smallest absolute Gasteiger partial charge is 0.465 e. The zero-order valence-corrected chi connectivity index (χ0v) is 63.2. The van der Waals surface area contributed by atoms with Crippen molar-refractivity contribution in [1.82, 2.24) is 0 Å². The highest BCUT2D eigenvalue weighted by Crippen LogP contribution is 2.27. The summed E-state index contributed by atoms with van der Waals surface area (Å²) in [5, 5.41) is 18.5. The Labute approximate surface area is 595 Å². The summed E-state index contributed by atoms with van der Waals surface area (Å²) in [6, 6.07) is 0. The number of esters is 8. The van der Waals surface area contributed by atoms with E-state index in [0.29, 0.717) is 57.5 Å². The molecule has 32 heteroatoms. The number of aliphatic hydroxyl groups is 2. The van der Waals surface area contributed by atoms with Crippen molar-refractivity contribution in [2.45, 2.75) is 181 Å². The number of aliphatic hydroxyl groups excluding tert-OH is 2. The van der Waals surface area contributed by atoms with E-state index in [-0.39, 0.29) is 85.2 Å². The SMILES string of the molecule is CCCCOC(=O)C(C)(COC(=O)OCCC(C)C)COC(=O)OCC(C)(COC(C)=O)C(=O)OCCCCCCCOC(=O)C(C)(COC)COC(=O)OCC(C)(CO)C(=O)OCC.CCCCOC(=O)C(C)(COC(C)=O)COC(=O)OCCC(C)C.CCOC(=O)C(C)(CO)COC. The van der Waals surface area contributed by atoms with E-state index in [2.05, 4.69) is 0 Å². The number of carbonyl (C=O) groups is 12. The molecule has 0 saturated carbocycles. The second-order valence-corrected chi connectivity index (χ2v) is 26.4. The maximum absolute atomic E-state index is 13.2. The Morgan fingerprint density at radius 1 is 0.287 bits per heavy atom. The molecule has 588 valence electrons. The number of hydrogen-bond donors (Lipinski definition) is 2. The molecular formula is C69H120O32. The van der Waals surface area contributed by atoms with Gasteiger partial charge < -0.3 is 95.5 Å². The predicted octanol–water partition coefficient (Wildman–Crippen LogP) is 8.96. The van der Waals surface area contributed by atoms with Crippen LogP contribution in [0.4, 0.5) is 19.2 Å². The summed E-state index contributed by atoms with van der Waals surface area (Å²) >= 11 is 0. The molecule has 0 amide bonds. The molecule has 0 fully saturated rings. The van der Waals surface area contributed by atoms with Crippen molar-refractivity contribution in [2.24, 2.45) is 44.3 Å². The zero-order chi connectivity index (χ0) is 77.7. The van der Waals surface area contributed by atoms with E-state index in [4.69, 9.17) is 90.4 Å². The normalized spacial score (nSPS) is 14.4. The molecule has 0 aliphatic heterocycles. The number of methoxy groups -OCH3 is 2. The summed E-state index contributed by atoms with van der Waals surface area (Å²) in [5.74, 6) is -4.56. The molecule has 0 heterocycles. The van der Waals surface area contributed by atoms with Gasteiger partial charge in [0.1, 0.15) is 85.3 Å². The van der Waals surface area contributed by atoms with E-state index in [1.165, 1.54) is 55.8 Å². The van der Waals surface area contributed by atoms with Gasteiger partial charge in [-0.05, 0) is 106 Å². The molecule has 0 rings (SSSR count). The Kier molecular flexibility index (Phi) is 52.7. The Balaban J connectivity index is -0.00000216. The molecular weight excluding hydrogens is 1340 g/mol. The maximum atomic E-state index is 13.2. The van der Waals surface area contributed by atoms with E-state index in [0.717, 1.165) is 32.6 Å². The van der Waals surface area contributed by atoms with Gasteiger partial charge in [-0.25, -0.2) is 19.2 Å². The van der Waals surface area contributed by atoms with E-state index >= 15 is 0 Å². The topological polar surface area (TPSA) is 411 Å². The Hall–Kier alpha value is -7.32. The van der Waals surface area contributed by atoms with Crippen LogP contribution in [0.2, 0.25) is 0 Å². The fourth-order valence-corrected chi connectivity index (χ4v) is 7.36. The van der Waals surface area contributed by atoms with Crippen molar-refractivity contribution in [3.8, 4) is 0 Å². The first-order valence-corrected chi connectivity index (χ1v) is 34.1. The minimum absolute atomic E-state index is 0.00774. The Morgan fingerprint density at radius 3 is 0.772 bits per heavy atom. The first kappa shape index (κ1) is 97.9. The molecule has 0 aliphatic rings. The van der Waals surface area contributed by atoms with Crippen LogP contribution in [0.15, 0.2) is 0 Å². The van der Waals surface area contributed by atoms with Gasteiger partial charge in [-0.2, -0.15) is 0 Å². The average Bonchev–Trinajstić information content (AvgIpc) is 0.875. The second kappa shape index (κ2) is 54.4. The zero-order valence-electron chi connectivity index (χ0n) is 63.2. The molecule has 0 saturated heterocycles.